The van der Waals surface area contributed by atoms with Crippen molar-refractivity contribution in [2.24, 2.45) is 0 Å². The summed E-state index contributed by atoms with van der Waals surface area (Å²) in [5.41, 5.74) is -0.183. The minimum absolute atomic E-state index is 0.164. The lowest BCUT2D eigenvalue weighted by atomic mass is 9.82. The molecule has 5 heteroatoms. The third-order valence-corrected chi connectivity index (χ3v) is 2.48. The van der Waals surface area contributed by atoms with Gasteiger partial charge in [-0.2, -0.15) is 0 Å². The molecular weight excluding hydrogens is 231 g/mol. The van der Waals surface area contributed by atoms with Crippen molar-refractivity contribution in [1.82, 2.24) is 0 Å². The molecular formula is C13H21BO4. The van der Waals surface area contributed by atoms with E-state index in [-0.39, 0.29) is 24.8 Å². The molecule has 100 valence electrons. The van der Waals surface area contributed by atoms with E-state index < -0.39 is 0 Å². The van der Waals surface area contributed by atoms with E-state index in [0.29, 0.717) is 6.61 Å². The molecule has 0 radical (unpaired) electrons. The molecule has 1 atom stereocenters. The highest BCUT2D eigenvalue weighted by molar-refractivity contribution is 6.51. The summed E-state index contributed by atoms with van der Waals surface area (Å²) >= 11 is 0. The van der Waals surface area contributed by atoms with E-state index in [1.54, 1.807) is 25.1 Å². The van der Waals surface area contributed by atoms with E-state index in [9.17, 15) is 4.79 Å². The molecule has 1 fully saturated rings. The van der Waals surface area contributed by atoms with Crippen molar-refractivity contribution < 1.29 is 18.8 Å². The Balaban J connectivity index is 2.44. The fourth-order valence-corrected chi connectivity index (χ4v) is 1.92. The average molecular weight is 252 g/mol. The Hall–Kier alpha value is -1.07. The Labute approximate surface area is 109 Å². The highest BCUT2D eigenvalue weighted by atomic mass is 16.6. The molecule has 4 nitrogen and oxygen atoms in total. The van der Waals surface area contributed by atoms with Crippen LogP contribution in [0.2, 0.25) is 0 Å². The summed E-state index contributed by atoms with van der Waals surface area (Å²) in [6.45, 7) is 8.27. The van der Waals surface area contributed by atoms with Crippen LogP contribution in [0.4, 0.5) is 0 Å². The Morgan fingerprint density at radius 2 is 2.22 bits per heavy atom. The van der Waals surface area contributed by atoms with Crippen molar-refractivity contribution in [3.05, 3.63) is 24.2 Å². The van der Waals surface area contributed by atoms with Crippen molar-refractivity contribution >= 4 is 13.1 Å². The third-order valence-electron chi connectivity index (χ3n) is 2.48. The lowest BCUT2D eigenvalue weighted by Crippen LogP contribution is -2.45. The summed E-state index contributed by atoms with van der Waals surface area (Å²) < 4.78 is 16.1. The van der Waals surface area contributed by atoms with E-state index in [4.69, 9.17) is 14.0 Å². The molecule has 0 aromatic carbocycles. The number of esters is 1. The zero-order valence-electron chi connectivity index (χ0n) is 11.5. The van der Waals surface area contributed by atoms with Crippen LogP contribution in [0.25, 0.3) is 0 Å². The molecule has 0 amide bonds. The molecule has 1 rings (SSSR count). The topological polar surface area (TPSA) is 44.8 Å². The van der Waals surface area contributed by atoms with Gasteiger partial charge in [0.05, 0.1) is 12.2 Å². The quantitative estimate of drug-likeness (QED) is 0.333. The highest BCUT2D eigenvalue weighted by Gasteiger charge is 2.35. The second kappa shape index (κ2) is 6.76. The van der Waals surface area contributed by atoms with E-state index in [1.165, 1.54) is 6.08 Å². The van der Waals surface area contributed by atoms with E-state index in [0.717, 1.165) is 6.42 Å². The van der Waals surface area contributed by atoms with Gasteiger partial charge < -0.3 is 14.0 Å². The van der Waals surface area contributed by atoms with Gasteiger partial charge in [-0.3, -0.25) is 0 Å². The molecule has 0 N–H and O–H groups in total. The first kappa shape index (κ1) is 15.0. The lowest BCUT2D eigenvalue weighted by Gasteiger charge is -2.37. The summed E-state index contributed by atoms with van der Waals surface area (Å²) in [5.74, 6) is 1.44. The zero-order valence-corrected chi connectivity index (χ0v) is 11.5. The number of ether oxygens (including phenoxy) is 1. The fraction of sp³-hybridized carbons (Fsp3) is 0.615. The minimum Gasteiger partial charge on any atom is -0.463 e. The normalized spacial score (nSPS) is 23.8. The zero-order chi connectivity index (χ0) is 13.6. The van der Waals surface area contributed by atoms with Crippen molar-refractivity contribution in [3.8, 4) is 0 Å². The Bertz CT molecular complexity index is 336. The van der Waals surface area contributed by atoms with Crippen LogP contribution in [0.3, 0.4) is 0 Å². The summed E-state index contributed by atoms with van der Waals surface area (Å²) in [4.78, 5) is 11.0. The molecule has 0 aromatic rings. The van der Waals surface area contributed by atoms with Crippen LogP contribution in [0, 0.1) is 0 Å². The number of rotatable bonds is 4. The van der Waals surface area contributed by atoms with Gasteiger partial charge in [0.1, 0.15) is 0 Å². The van der Waals surface area contributed by atoms with E-state index in [1.807, 2.05) is 20.8 Å². The second-order valence-corrected chi connectivity index (χ2v) is 4.89. The van der Waals surface area contributed by atoms with Crippen molar-refractivity contribution in [3.63, 3.8) is 0 Å². The second-order valence-electron chi connectivity index (χ2n) is 4.89. The van der Waals surface area contributed by atoms with Crippen LogP contribution >= 0.6 is 0 Å². The maximum absolute atomic E-state index is 11.0. The highest BCUT2D eigenvalue weighted by Crippen LogP contribution is 2.25. The van der Waals surface area contributed by atoms with Gasteiger partial charge in [0.2, 0.25) is 0 Å². The summed E-state index contributed by atoms with van der Waals surface area (Å²) in [6.07, 6.45) is 5.76. The predicted octanol–water partition coefficient (Wildman–Crippen LogP) is 2.29. The van der Waals surface area contributed by atoms with Gasteiger partial charge in [0.15, 0.2) is 0 Å². The molecule has 0 aromatic heterocycles. The van der Waals surface area contributed by atoms with Gasteiger partial charge in [-0.05, 0) is 34.1 Å². The number of hydrogen-bond donors (Lipinski definition) is 0. The van der Waals surface area contributed by atoms with Crippen LogP contribution in [0.15, 0.2) is 24.2 Å². The largest absolute Gasteiger partial charge is 0.486 e. The minimum atomic E-state index is -0.365. The van der Waals surface area contributed by atoms with Crippen LogP contribution in [-0.2, 0) is 18.8 Å². The first-order valence-electron chi connectivity index (χ1n) is 6.28. The number of allylic oxidation sites excluding steroid dienone is 2. The van der Waals surface area contributed by atoms with Crippen molar-refractivity contribution in [2.45, 2.75) is 45.8 Å². The van der Waals surface area contributed by atoms with Gasteiger partial charge >= 0.3 is 13.1 Å². The van der Waals surface area contributed by atoms with E-state index in [2.05, 4.69) is 0 Å². The predicted molar refractivity (Wildman–Crippen MR) is 71.0 cm³/mol. The van der Waals surface area contributed by atoms with Crippen molar-refractivity contribution in [2.75, 3.05) is 6.61 Å². The monoisotopic (exact) mass is 252 g/mol. The molecule has 0 bridgehead atoms. The first-order valence-corrected chi connectivity index (χ1v) is 6.28. The van der Waals surface area contributed by atoms with Gasteiger partial charge in [-0.25, -0.2) is 4.79 Å². The molecule has 18 heavy (non-hydrogen) atoms. The van der Waals surface area contributed by atoms with Gasteiger partial charge in [-0.1, -0.05) is 18.1 Å². The molecule has 0 saturated carbocycles. The smallest absolute Gasteiger partial charge is 0.463 e. The third kappa shape index (κ3) is 5.51. The molecule has 1 aliphatic rings. The number of carbonyl (C=O) groups is 1. The maximum atomic E-state index is 11.0. The molecule has 0 spiro atoms. The molecule has 1 aliphatic heterocycles. The van der Waals surface area contributed by atoms with Gasteiger partial charge in [0.25, 0.3) is 0 Å². The standard InChI is InChI=1S/C13H21BO4/c1-5-16-12(15)8-6-7-9-14-17-11(2)10-13(3,4)18-14/h6-9,11H,5,10H2,1-4H3/b8-6+,9-7+. The Kier molecular flexibility index (Phi) is 5.63. The SMILES string of the molecule is CCOC(=O)/C=C/C=C/B1OC(C)CC(C)(C)O1. The number of carbonyl (C=O) groups excluding carboxylic acids is 1. The Morgan fingerprint density at radius 1 is 1.50 bits per heavy atom. The molecule has 0 aliphatic carbocycles. The van der Waals surface area contributed by atoms with Crippen LogP contribution < -0.4 is 0 Å². The lowest BCUT2D eigenvalue weighted by molar-refractivity contribution is -0.137. The summed E-state index contributed by atoms with van der Waals surface area (Å²) in [5, 5.41) is 0. The summed E-state index contributed by atoms with van der Waals surface area (Å²) in [6, 6.07) is 0. The van der Waals surface area contributed by atoms with Crippen molar-refractivity contribution in [1.29, 1.82) is 0 Å². The maximum Gasteiger partial charge on any atom is 0.486 e. The average Bonchev–Trinajstić information content (AvgIpc) is 2.22. The first-order chi connectivity index (χ1) is 8.43. The van der Waals surface area contributed by atoms with Crippen LogP contribution in [-0.4, -0.2) is 31.4 Å². The van der Waals surface area contributed by atoms with Gasteiger partial charge in [0, 0.05) is 12.2 Å². The number of hydrogen-bond acceptors (Lipinski definition) is 4. The molecule has 1 saturated heterocycles. The van der Waals surface area contributed by atoms with Crippen LogP contribution in [0.1, 0.15) is 34.1 Å². The Morgan fingerprint density at radius 3 is 2.83 bits per heavy atom. The van der Waals surface area contributed by atoms with E-state index >= 15 is 0 Å². The van der Waals surface area contributed by atoms with Gasteiger partial charge in [-0.15, -0.1) is 0 Å². The molecule has 1 heterocycles. The fourth-order valence-electron chi connectivity index (χ4n) is 1.92. The molecule has 1 unspecified atom stereocenters. The van der Waals surface area contributed by atoms with Crippen LogP contribution in [0.5, 0.6) is 0 Å². The summed E-state index contributed by atoms with van der Waals surface area (Å²) in [7, 11) is -0.365.